The maximum Gasteiger partial charge on any atom is 0.238 e. The zero-order valence-corrected chi connectivity index (χ0v) is 10.3. The average molecular weight is 273 g/mol. The van der Waals surface area contributed by atoms with Gasteiger partial charge in [-0.15, -0.1) is 0 Å². The third kappa shape index (κ3) is 3.31. The van der Waals surface area contributed by atoms with Crippen LogP contribution in [0, 0.1) is 10.1 Å². The fraction of sp³-hybridized carbons (Fsp3) is 0.333. The van der Waals surface area contributed by atoms with E-state index in [0.717, 1.165) is 17.9 Å². The molecule has 0 N–H and O–H groups in total. The topological polar surface area (TPSA) is 71.6 Å². The summed E-state index contributed by atoms with van der Waals surface area (Å²) in [6, 6.07) is 3.55. The van der Waals surface area contributed by atoms with Crippen molar-refractivity contribution in [3.8, 4) is 0 Å². The van der Waals surface area contributed by atoms with Crippen molar-refractivity contribution in [3.63, 3.8) is 0 Å². The minimum absolute atomic E-state index is 0.434. The second-order valence-corrected chi connectivity index (χ2v) is 4.83. The summed E-state index contributed by atoms with van der Waals surface area (Å²) in [6.45, 7) is 1.31. The molecule has 17 heavy (non-hydrogen) atoms. The van der Waals surface area contributed by atoms with Crippen LogP contribution >= 0.6 is 23.4 Å². The van der Waals surface area contributed by atoms with Crippen LogP contribution < -0.4 is 0 Å². The van der Waals surface area contributed by atoms with Crippen LogP contribution in [0.25, 0.3) is 0 Å². The molecule has 0 amide bonds. The first-order valence-electron chi connectivity index (χ1n) is 4.86. The predicted molar refractivity (Wildman–Crippen MR) is 66.5 cm³/mol. The molecule has 1 aromatic rings. The van der Waals surface area contributed by atoms with Crippen molar-refractivity contribution in [2.24, 2.45) is 5.10 Å². The lowest BCUT2D eigenvalue weighted by molar-refractivity contribution is -0.485. The van der Waals surface area contributed by atoms with Crippen molar-refractivity contribution in [2.45, 2.75) is 6.54 Å². The Kier molecular flexibility index (Phi) is 3.80. The van der Waals surface area contributed by atoms with Crippen molar-refractivity contribution >= 4 is 28.5 Å². The summed E-state index contributed by atoms with van der Waals surface area (Å²) in [6.07, 6.45) is 1.66. The quantitative estimate of drug-likeness (QED) is 0.477. The maximum absolute atomic E-state index is 10.3. The van der Waals surface area contributed by atoms with E-state index in [1.165, 1.54) is 11.8 Å². The van der Waals surface area contributed by atoms with Gasteiger partial charge in [0.25, 0.3) is 0 Å². The Balaban J connectivity index is 2.07. The molecule has 1 aliphatic rings. The SMILES string of the molecule is O=[N+]([O-])/N=C1/SCCN1Cc1ccc(Cl)nc1. The van der Waals surface area contributed by atoms with Gasteiger partial charge >= 0.3 is 0 Å². The van der Waals surface area contributed by atoms with Crippen molar-refractivity contribution < 1.29 is 5.03 Å². The molecule has 1 saturated heterocycles. The van der Waals surface area contributed by atoms with Crippen molar-refractivity contribution in [3.05, 3.63) is 39.2 Å². The van der Waals surface area contributed by atoms with Gasteiger partial charge in [0.2, 0.25) is 5.17 Å². The molecule has 0 spiro atoms. The van der Waals surface area contributed by atoms with Gasteiger partial charge in [-0.3, -0.25) is 0 Å². The summed E-state index contributed by atoms with van der Waals surface area (Å²) < 4.78 is 0. The van der Waals surface area contributed by atoms with Crippen LogP contribution in [0.1, 0.15) is 5.56 Å². The minimum atomic E-state index is -0.666. The number of hydrazone groups is 1. The molecule has 8 heteroatoms. The van der Waals surface area contributed by atoms with Crippen molar-refractivity contribution in [2.75, 3.05) is 12.3 Å². The molecule has 2 rings (SSSR count). The van der Waals surface area contributed by atoms with E-state index in [-0.39, 0.29) is 0 Å². The summed E-state index contributed by atoms with van der Waals surface area (Å²) in [5.41, 5.74) is 0.952. The third-order valence-electron chi connectivity index (χ3n) is 2.19. The smallest absolute Gasteiger partial charge is 0.238 e. The van der Waals surface area contributed by atoms with Gasteiger partial charge < -0.3 is 4.90 Å². The van der Waals surface area contributed by atoms with E-state index in [0.29, 0.717) is 16.9 Å². The first kappa shape index (κ1) is 12.1. The lowest BCUT2D eigenvalue weighted by Crippen LogP contribution is -2.24. The Morgan fingerprint density at radius 3 is 3.12 bits per heavy atom. The molecule has 1 aliphatic heterocycles. The molecule has 0 radical (unpaired) electrons. The summed E-state index contributed by atoms with van der Waals surface area (Å²) in [5, 5.41) is 13.9. The molecule has 6 nitrogen and oxygen atoms in total. The van der Waals surface area contributed by atoms with E-state index in [1.807, 2.05) is 11.0 Å². The number of hydrogen-bond acceptors (Lipinski definition) is 4. The van der Waals surface area contributed by atoms with Crippen LogP contribution in [-0.4, -0.2) is 32.4 Å². The molecular weight excluding hydrogens is 264 g/mol. The number of nitrogens with zero attached hydrogens (tertiary/aromatic N) is 4. The first-order chi connectivity index (χ1) is 8.15. The number of thioether (sulfide) groups is 1. The summed E-state index contributed by atoms with van der Waals surface area (Å²) >= 11 is 7.07. The largest absolute Gasteiger partial charge is 0.341 e. The van der Waals surface area contributed by atoms with Crippen LogP contribution in [0.5, 0.6) is 0 Å². The molecule has 2 heterocycles. The zero-order chi connectivity index (χ0) is 12.3. The molecule has 1 aromatic heterocycles. The number of hydrogen-bond donors (Lipinski definition) is 0. The first-order valence-corrected chi connectivity index (χ1v) is 6.22. The van der Waals surface area contributed by atoms with E-state index in [9.17, 15) is 10.1 Å². The van der Waals surface area contributed by atoms with Gasteiger partial charge in [-0.1, -0.05) is 29.4 Å². The number of rotatable bonds is 3. The minimum Gasteiger partial charge on any atom is -0.341 e. The Morgan fingerprint density at radius 2 is 2.47 bits per heavy atom. The monoisotopic (exact) mass is 272 g/mol. The van der Waals surface area contributed by atoms with Gasteiger partial charge in [0, 0.05) is 25.0 Å². The molecule has 0 bridgehead atoms. The van der Waals surface area contributed by atoms with Gasteiger partial charge in [0.05, 0.1) is 5.10 Å². The molecule has 0 aromatic carbocycles. The molecule has 0 aliphatic carbocycles. The lowest BCUT2D eigenvalue weighted by Gasteiger charge is -2.15. The second kappa shape index (κ2) is 5.33. The van der Waals surface area contributed by atoms with Crippen LogP contribution in [0.15, 0.2) is 23.4 Å². The van der Waals surface area contributed by atoms with E-state index in [4.69, 9.17) is 11.6 Å². The standard InChI is InChI=1S/C9H9ClN4O2S/c10-8-2-1-7(5-11-8)6-13-3-4-17-9(13)12-14(15)16/h1-2,5H,3-4,6H2/b12-9+. The lowest BCUT2D eigenvalue weighted by atomic mass is 10.3. The number of nitro groups is 1. The fourth-order valence-electron chi connectivity index (χ4n) is 1.46. The molecule has 0 unspecified atom stereocenters. The summed E-state index contributed by atoms with van der Waals surface area (Å²) in [7, 11) is 0. The van der Waals surface area contributed by atoms with Gasteiger partial charge in [-0.2, -0.15) is 0 Å². The highest BCUT2D eigenvalue weighted by Gasteiger charge is 2.22. The Morgan fingerprint density at radius 1 is 1.65 bits per heavy atom. The molecule has 0 saturated carbocycles. The number of aromatic nitrogens is 1. The van der Waals surface area contributed by atoms with Crippen molar-refractivity contribution in [1.29, 1.82) is 0 Å². The molecule has 0 atom stereocenters. The maximum atomic E-state index is 10.3. The van der Waals surface area contributed by atoms with Gasteiger partial charge in [0.1, 0.15) is 5.15 Å². The number of halogens is 1. The summed E-state index contributed by atoms with van der Waals surface area (Å²) in [4.78, 5) is 16.2. The van der Waals surface area contributed by atoms with Crippen LogP contribution in [0.3, 0.4) is 0 Å². The van der Waals surface area contributed by atoms with E-state index in [2.05, 4.69) is 10.1 Å². The van der Waals surface area contributed by atoms with Gasteiger partial charge in [-0.05, 0) is 11.6 Å². The van der Waals surface area contributed by atoms with E-state index < -0.39 is 5.03 Å². The highest BCUT2D eigenvalue weighted by molar-refractivity contribution is 8.14. The van der Waals surface area contributed by atoms with Crippen LogP contribution in [-0.2, 0) is 6.54 Å². The highest BCUT2D eigenvalue weighted by Crippen LogP contribution is 2.20. The molecule has 1 fully saturated rings. The third-order valence-corrected chi connectivity index (χ3v) is 3.40. The number of amidine groups is 1. The Hall–Kier alpha value is -1.34. The van der Waals surface area contributed by atoms with Gasteiger partial charge in [-0.25, -0.2) is 15.1 Å². The van der Waals surface area contributed by atoms with Crippen LogP contribution in [0.4, 0.5) is 0 Å². The Labute approximate surface area is 107 Å². The predicted octanol–water partition coefficient (Wildman–Crippen LogP) is 1.83. The number of pyridine rings is 1. The van der Waals surface area contributed by atoms with E-state index in [1.54, 1.807) is 12.3 Å². The summed E-state index contributed by atoms with van der Waals surface area (Å²) in [5.74, 6) is 0.813. The molecular formula is C9H9ClN4O2S. The normalized spacial score (nSPS) is 17.7. The highest BCUT2D eigenvalue weighted by atomic mass is 35.5. The Bertz CT molecular complexity index is 451. The van der Waals surface area contributed by atoms with E-state index >= 15 is 0 Å². The molecule has 90 valence electrons. The van der Waals surface area contributed by atoms with Crippen molar-refractivity contribution in [1.82, 2.24) is 9.88 Å². The second-order valence-electron chi connectivity index (χ2n) is 3.38. The van der Waals surface area contributed by atoms with Gasteiger partial charge in [0.15, 0.2) is 5.03 Å². The zero-order valence-electron chi connectivity index (χ0n) is 8.74. The fourth-order valence-corrected chi connectivity index (χ4v) is 2.53. The average Bonchev–Trinajstić information content (AvgIpc) is 2.68. The van der Waals surface area contributed by atoms with Crippen LogP contribution in [0.2, 0.25) is 5.15 Å².